The molecule has 1 aliphatic rings. The summed E-state index contributed by atoms with van der Waals surface area (Å²) in [7, 11) is 2.00. The van der Waals surface area contributed by atoms with Crippen LogP contribution in [0.3, 0.4) is 0 Å². The summed E-state index contributed by atoms with van der Waals surface area (Å²) < 4.78 is 1.81. The summed E-state index contributed by atoms with van der Waals surface area (Å²) in [6, 6.07) is 2.48. The Kier molecular flexibility index (Phi) is 5.00. The molecule has 1 aromatic heterocycles. The van der Waals surface area contributed by atoms with Gasteiger partial charge in [-0.15, -0.1) is 0 Å². The summed E-state index contributed by atoms with van der Waals surface area (Å²) in [6.45, 7) is 7.68. The number of likely N-dealkylation sites (N-methyl/N-ethyl adjacent to an activating group) is 1. The van der Waals surface area contributed by atoms with Crippen molar-refractivity contribution in [1.29, 1.82) is 0 Å². The molecule has 118 valence electrons. The maximum atomic E-state index is 12.6. The molecule has 0 spiro atoms. The van der Waals surface area contributed by atoms with Gasteiger partial charge in [-0.1, -0.05) is 0 Å². The minimum absolute atomic E-state index is 0.00167. The van der Waals surface area contributed by atoms with E-state index in [0.717, 1.165) is 13.0 Å². The fraction of sp³-hybridized carbons (Fsp3) is 0.733. The Bertz CT molecular complexity index is 486. The highest BCUT2D eigenvalue weighted by atomic mass is 16.3. The zero-order chi connectivity index (χ0) is 15.6. The van der Waals surface area contributed by atoms with Crippen molar-refractivity contribution in [3.63, 3.8) is 0 Å². The van der Waals surface area contributed by atoms with Crippen molar-refractivity contribution < 1.29 is 9.90 Å². The van der Waals surface area contributed by atoms with Crippen LogP contribution in [0, 0.1) is 0 Å². The summed E-state index contributed by atoms with van der Waals surface area (Å²) in [6.07, 6.45) is 2.79. The zero-order valence-corrected chi connectivity index (χ0v) is 13.4. The van der Waals surface area contributed by atoms with Crippen LogP contribution in [-0.4, -0.2) is 69.4 Å². The number of aliphatic hydroxyl groups excluding tert-OH is 1. The maximum absolute atomic E-state index is 12.6. The van der Waals surface area contributed by atoms with Crippen LogP contribution in [0.2, 0.25) is 0 Å². The first-order valence-corrected chi connectivity index (χ1v) is 7.63. The van der Waals surface area contributed by atoms with Crippen LogP contribution in [0.25, 0.3) is 0 Å². The number of carbonyl (C=O) groups excluding carboxylic acids is 1. The number of aliphatic hydroxyl groups is 1. The van der Waals surface area contributed by atoms with Crippen LogP contribution in [0.4, 0.5) is 0 Å². The third-order valence-electron chi connectivity index (χ3n) is 4.35. The van der Waals surface area contributed by atoms with Crippen molar-refractivity contribution in [1.82, 2.24) is 19.6 Å². The van der Waals surface area contributed by atoms with Crippen molar-refractivity contribution in [3.8, 4) is 0 Å². The van der Waals surface area contributed by atoms with E-state index in [4.69, 9.17) is 5.11 Å². The van der Waals surface area contributed by atoms with E-state index in [1.807, 2.05) is 36.7 Å². The third-order valence-corrected chi connectivity index (χ3v) is 4.35. The molecular formula is C15H26N4O2. The van der Waals surface area contributed by atoms with Gasteiger partial charge in [0.25, 0.3) is 5.91 Å². The molecule has 2 atom stereocenters. The first kappa shape index (κ1) is 16.0. The number of nitrogens with zero attached hydrogens (tertiary/aromatic N) is 4. The largest absolute Gasteiger partial charge is 0.395 e. The average molecular weight is 294 g/mol. The summed E-state index contributed by atoms with van der Waals surface area (Å²) in [5.41, 5.74) is 0.515. The fourth-order valence-electron chi connectivity index (χ4n) is 3.01. The van der Waals surface area contributed by atoms with Crippen LogP contribution in [0.15, 0.2) is 12.3 Å². The molecule has 0 aromatic carbocycles. The summed E-state index contributed by atoms with van der Waals surface area (Å²) in [5, 5.41) is 13.4. The zero-order valence-electron chi connectivity index (χ0n) is 13.4. The molecule has 0 bridgehead atoms. The van der Waals surface area contributed by atoms with E-state index in [1.165, 1.54) is 0 Å². The standard InChI is InChI=1S/C15H26N4O2/c1-11(2)19-8-5-13(16-19)15(21)18-7-6-14(12(18)3)17(4)9-10-20/h5,8,11-12,14,20H,6-7,9-10H2,1-4H3/t12-,14-/m1/s1. The molecule has 1 saturated heterocycles. The Morgan fingerprint density at radius 1 is 1.57 bits per heavy atom. The average Bonchev–Trinajstić information content (AvgIpc) is 3.05. The molecule has 0 aliphatic carbocycles. The van der Waals surface area contributed by atoms with Crippen LogP contribution >= 0.6 is 0 Å². The number of hydrogen-bond donors (Lipinski definition) is 1. The second-order valence-electron chi connectivity index (χ2n) is 6.07. The SMILES string of the molecule is CC(C)n1ccc(C(=O)N2CC[C@@H](N(C)CCO)[C@H]2C)n1. The normalized spacial score (nSPS) is 22.5. The number of carbonyl (C=O) groups is 1. The first-order valence-electron chi connectivity index (χ1n) is 7.63. The first-order chi connectivity index (χ1) is 9.95. The quantitative estimate of drug-likeness (QED) is 0.880. The predicted molar refractivity (Wildman–Crippen MR) is 81.2 cm³/mol. The Hall–Kier alpha value is -1.40. The molecular weight excluding hydrogens is 268 g/mol. The summed E-state index contributed by atoms with van der Waals surface area (Å²) in [4.78, 5) is 16.6. The predicted octanol–water partition coefficient (Wildman–Crippen LogP) is 0.991. The van der Waals surface area contributed by atoms with Crippen LogP contribution in [0.1, 0.15) is 43.7 Å². The van der Waals surface area contributed by atoms with Gasteiger partial charge in [-0.2, -0.15) is 5.10 Å². The van der Waals surface area contributed by atoms with Gasteiger partial charge in [0, 0.05) is 37.4 Å². The molecule has 0 radical (unpaired) electrons. The van der Waals surface area contributed by atoms with Crippen molar-refractivity contribution in [2.75, 3.05) is 26.7 Å². The molecule has 1 aliphatic heterocycles. The van der Waals surface area contributed by atoms with E-state index in [2.05, 4.69) is 16.9 Å². The van der Waals surface area contributed by atoms with E-state index in [9.17, 15) is 4.79 Å². The minimum atomic E-state index is 0.00167. The third kappa shape index (κ3) is 3.27. The molecule has 6 heteroatoms. The smallest absolute Gasteiger partial charge is 0.274 e. The molecule has 0 unspecified atom stereocenters. The lowest BCUT2D eigenvalue weighted by Gasteiger charge is -2.30. The van der Waals surface area contributed by atoms with Crippen LogP contribution in [-0.2, 0) is 0 Å². The lowest BCUT2D eigenvalue weighted by atomic mass is 10.1. The molecule has 21 heavy (non-hydrogen) atoms. The Balaban J connectivity index is 2.06. The summed E-state index contributed by atoms with van der Waals surface area (Å²) >= 11 is 0. The number of aromatic nitrogens is 2. The van der Waals surface area contributed by atoms with Crippen molar-refractivity contribution in [2.45, 2.75) is 45.3 Å². The van der Waals surface area contributed by atoms with Gasteiger partial charge in [0.2, 0.25) is 0 Å². The van der Waals surface area contributed by atoms with Crippen LogP contribution < -0.4 is 0 Å². The van der Waals surface area contributed by atoms with E-state index in [1.54, 1.807) is 6.07 Å². The number of amides is 1. The van der Waals surface area contributed by atoms with Crippen molar-refractivity contribution >= 4 is 5.91 Å². The molecule has 2 rings (SSSR count). The highest BCUT2D eigenvalue weighted by molar-refractivity contribution is 5.92. The van der Waals surface area contributed by atoms with Gasteiger partial charge in [-0.05, 0) is 40.3 Å². The van der Waals surface area contributed by atoms with Gasteiger partial charge < -0.3 is 10.0 Å². The molecule has 2 heterocycles. The van der Waals surface area contributed by atoms with Gasteiger partial charge in [0.05, 0.1) is 6.61 Å². The fourth-order valence-corrected chi connectivity index (χ4v) is 3.01. The topological polar surface area (TPSA) is 61.6 Å². The van der Waals surface area contributed by atoms with Crippen molar-refractivity contribution in [2.24, 2.45) is 0 Å². The monoisotopic (exact) mass is 294 g/mol. The summed E-state index contributed by atoms with van der Waals surface area (Å²) in [5.74, 6) is 0.00167. The molecule has 1 amide bonds. The van der Waals surface area contributed by atoms with Crippen molar-refractivity contribution in [3.05, 3.63) is 18.0 Å². The van der Waals surface area contributed by atoms with E-state index < -0.39 is 0 Å². The number of hydrogen-bond acceptors (Lipinski definition) is 4. The lowest BCUT2D eigenvalue weighted by Crippen LogP contribution is -2.44. The Morgan fingerprint density at radius 3 is 2.86 bits per heavy atom. The second-order valence-corrected chi connectivity index (χ2v) is 6.07. The minimum Gasteiger partial charge on any atom is -0.395 e. The van der Waals surface area contributed by atoms with Gasteiger partial charge in [-0.25, -0.2) is 0 Å². The number of likely N-dealkylation sites (tertiary alicyclic amines) is 1. The Labute approximate surface area is 126 Å². The Morgan fingerprint density at radius 2 is 2.29 bits per heavy atom. The van der Waals surface area contributed by atoms with E-state index >= 15 is 0 Å². The molecule has 1 fully saturated rings. The van der Waals surface area contributed by atoms with E-state index in [0.29, 0.717) is 18.3 Å². The van der Waals surface area contributed by atoms with E-state index in [-0.39, 0.29) is 24.6 Å². The molecule has 6 nitrogen and oxygen atoms in total. The van der Waals surface area contributed by atoms with Gasteiger partial charge in [0.1, 0.15) is 5.69 Å². The highest BCUT2D eigenvalue weighted by Gasteiger charge is 2.36. The lowest BCUT2D eigenvalue weighted by molar-refractivity contribution is 0.0699. The van der Waals surface area contributed by atoms with Crippen LogP contribution in [0.5, 0.6) is 0 Å². The molecule has 1 aromatic rings. The van der Waals surface area contributed by atoms with Gasteiger partial charge in [-0.3, -0.25) is 14.4 Å². The van der Waals surface area contributed by atoms with Gasteiger partial charge >= 0.3 is 0 Å². The van der Waals surface area contributed by atoms with Gasteiger partial charge in [0.15, 0.2) is 0 Å². The molecule has 1 N–H and O–H groups in total. The second kappa shape index (κ2) is 6.58. The highest BCUT2D eigenvalue weighted by Crippen LogP contribution is 2.23. The molecule has 0 saturated carbocycles. The maximum Gasteiger partial charge on any atom is 0.274 e. The number of rotatable bonds is 5.